The zero-order valence-electron chi connectivity index (χ0n) is 12.5. The van der Waals surface area contributed by atoms with Gasteiger partial charge >= 0.3 is 0 Å². The van der Waals surface area contributed by atoms with Gasteiger partial charge in [0.15, 0.2) is 10.8 Å². The van der Waals surface area contributed by atoms with Crippen LogP contribution in [0.15, 0.2) is 22.9 Å². The summed E-state index contributed by atoms with van der Waals surface area (Å²) in [5, 5.41) is 1.99. The van der Waals surface area contributed by atoms with Crippen molar-refractivity contribution in [3.63, 3.8) is 0 Å². The maximum atomic E-state index is 12.6. The van der Waals surface area contributed by atoms with Gasteiger partial charge in [0.2, 0.25) is 0 Å². The van der Waals surface area contributed by atoms with Crippen LogP contribution < -0.4 is 4.72 Å². The molecule has 0 unspecified atom stereocenters. The van der Waals surface area contributed by atoms with Gasteiger partial charge in [-0.2, -0.15) is 8.42 Å². The third-order valence-corrected chi connectivity index (χ3v) is 6.23. The summed E-state index contributed by atoms with van der Waals surface area (Å²) in [6, 6.07) is 0. The van der Waals surface area contributed by atoms with Crippen molar-refractivity contribution < 1.29 is 8.42 Å². The number of nitrogens with one attached hydrogen (secondary N) is 1. The SMILES string of the molecule is Cc1csc2c(NS(=O)(=O)c3cn4c(n3)CCCC4)ncnc12. The van der Waals surface area contributed by atoms with Gasteiger partial charge in [-0.1, -0.05) is 0 Å². The number of nitrogens with zero attached hydrogens (tertiary/aromatic N) is 4. The molecule has 7 nitrogen and oxygen atoms in total. The van der Waals surface area contributed by atoms with Crippen LogP contribution in [0.25, 0.3) is 10.2 Å². The van der Waals surface area contributed by atoms with E-state index in [0.29, 0.717) is 5.82 Å². The van der Waals surface area contributed by atoms with Crippen LogP contribution >= 0.6 is 11.3 Å². The fraction of sp³-hybridized carbons (Fsp3) is 0.357. The number of hydrogen-bond donors (Lipinski definition) is 1. The number of sulfonamides is 1. The summed E-state index contributed by atoms with van der Waals surface area (Å²) in [7, 11) is -3.76. The molecular formula is C14H15N5O2S2. The molecule has 4 rings (SSSR count). The lowest BCUT2D eigenvalue weighted by molar-refractivity contribution is 0.522. The van der Waals surface area contributed by atoms with Crippen molar-refractivity contribution in [2.24, 2.45) is 0 Å². The molecule has 23 heavy (non-hydrogen) atoms. The van der Waals surface area contributed by atoms with Gasteiger partial charge in [-0.25, -0.2) is 15.0 Å². The smallest absolute Gasteiger partial charge is 0.282 e. The van der Waals surface area contributed by atoms with E-state index in [2.05, 4.69) is 19.7 Å². The highest BCUT2D eigenvalue weighted by atomic mass is 32.2. The Morgan fingerprint density at radius 3 is 3.00 bits per heavy atom. The van der Waals surface area contributed by atoms with Crippen molar-refractivity contribution in [2.75, 3.05) is 4.72 Å². The first-order valence-corrected chi connectivity index (χ1v) is 9.68. The predicted molar refractivity (Wildman–Crippen MR) is 88.1 cm³/mol. The summed E-state index contributed by atoms with van der Waals surface area (Å²) >= 11 is 1.43. The number of imidazole rings is 1. The highest BCUT2D eigenvalue weighted by Gasteiger charge is 2.23. The van der Waals surface area contributed by atoms with E-state index in [1.807, 2.05) is 16.9 Å². The highest BCUT2D eigenvalue weighted by molar-refractivity contribution is 7.92. The van der Waals surface area contributed by atoms with Crippen LogP contribution in [0.4, 0.5) is 5.82 Å². The quantitative estimate of drug-likeness (QED) is 0.784. The monoisotopic (exact) mass is 349 g/mol. The molecule has 3 aromatic heterocycles. The van der Waals surface area contributed by atoms with Gasteiger partial charge in [-0.15, -0.1) is 11.3 Å². The number of aromatic nitrogens is 4. The molecule has 3 aromatic rings. The van der Waals surface area contributed by atoms with Crippen LogP contribution in [0.2, 0.25) is 0 Å². The molecule has 1 N–H and O–H groups in total. The van der Waals surface area contributed by atoms with Crippen molar-refractivity contribution in [1.29, 1.82) is 0 Å². The van der Waals surface area contributed by atoms with E-state index in [-0.39, 0.29) is 5.03 Å². The van der Waals surface area contributed by atoms with E-state index in [0.717, 1.165) is 47.4 Å². The Bertz CT molecular complexity index is 966. The summed E-state index contributed by atoms with van der Waals surface area (Å²) < 4.78 is 30.5. The van der Waals surface area contributed by atoms with Crippen molar-refractivity contribution in [3.05, 3.63) is 29.3 Å². The van der Waals surface area contributed by atoms with Gasteiger partial charge in [0.1, 0.15) is 12.2 Å². The van der Waals surface area contributed by atoms with E-state index >= 15 is 0 Å². The minimum absolute atomic E-state index is 0.0504. The van der Waals surface area contributed by atoms with Crippen molar-refractivity contribution >= 4 is 37.4 Å². The molecule has 0 atom stereocenters. The average Bonchev–Trinajstić information content (AvgIpc) is 3.12. The molecule has 0 aliphatic carbocycles. The fourth-order valence-corrected chi connectivity index (χ4v) is 4.75. The van der Waals surface area contributed by atoms with E-state index in [4.69, 9.17) is 0 Å². The summed E-state index contributed by atoms with van der Waals surface area (Å²) in [5.74, 6) is 1.13. The van der Waals surface area contributed by atoms with E-state index in [9.17, 15) is 8.42 Å². The van der Waals surface area contributed by atoms with Gasteiger partial charge in [0.25, 0.3) is 10.0 Å². The zero-order valence-corrected chi connectivity index (χ0v) is 14.1. The van der Waals surface area contributed by atoms with Crippen LogP contribution in [0.3, 0.4) is 0 Å². The van der Waals surface area contributed by atoms with Crippen molar-refractivity contribution in [2.45, 2.75) is 37.8 Å². The van der Waals surface area contributed by atoms with E-state index in [1.165, 1.54) is 17.7 Å². The molecule has 0 fully saturated rings. The van der Waals surface area contributed by atoms with Gasteiger partial charge in [0, 0.05) is 19.2 Å². The molecule has 1 aliphatic rings. The summed E-state index contributed by atoms with van der Waals surface area (Å²) in [4.78, 5) is 12.6. The number of fused-ring (bicyclic) bond motifs is 2. The molecule has 0 aromatic carbocycles. The lowest BCUT2D eigenvalue weighted by Crippen LogP contribution is -2.14. The number of thiophene rings is 1. The third-order valence-electron chi connectivity index (χ3n) is 3.92. The fourth-order valence-electron chi connectivity index (χ4n) is 2.74. The van der Waals surface area contributed by atoms with Crippen molar-refractivity contribution in [3.8, 4) is 0 Å². The summed E-state index contributed by atoms with van der Waals surface area (Å²) in [5.41, 5.74) is 1.78. The Balaban J connectivity index is 1.73. The van der Waals surface area contributed by atoms with Crippen molar-refractivity contribution in [1.82, 2.24) is 19.5 Å². The second kappa shape index (κ2) is 5.27. The number of anilines is 1. The van der Waals surface area contributed by atoms with Gasteiger partial charge in [-0.05, 0) is 30.7 Å². The Morgan fingerprint density at radius 1 is 1.30 bits per heavy atom. The normalized spacial score (nSPS) is 14.8. The van der Waals surface area contributed by atoms with Crippen LogP contribution in [-0.2, 0) is 23.0 Å². The summed E-state index contributed by atoms with van der Waals surface area (Å²) in [6.45, 7) is 2.76. The molecule has 0 bridgehead atoms. The second-order valence-electron chi connectivity index (χ2n) is 5.57. The Labute approximate surface area is 137 Å². The molecule has 120 valence electrons. The Kier molecular flexibility index (Phi) is 3.34. The average molecular weight is 349 g/mol. The molecule has 0 saturated carbocycles. The van der Waals surface area contributed by atoms with Crippen LogP contribution in [0, 0.1) is 6.92 Å². The molecule has 0 spiro atoms. The topological polar surface area (TPSA) is 89.8 Å². The van der Waals surface area contributed by atoms with Gasteiger partial charge in [0.05, 0.1) is 10.2 Å². The Hall–Kier alpha value is -2.00. The number of aryl methyl sites for hydroxylation is 3. The molecule has 0 saturated heterocycles. The first kappa shape index (κ1) is 14.6. The Morgan fingerprint density at radius 2 is 2.17 bits per heavy atom. The molecule has 9 heteroatoms. The van der Waals surface area contributed by atoms with Crippen LogP contribution in [0.1, 0.15) is 24.2 Å². The predicted octanol–water partition coefficient (Wildman–Crippen LogP) is 2.33. The standard InChI is InChI=1S/C14H15N5O2S2/c1-9-7-22-13-12(9)15-8-16-14(13)18-23(20,21)11-6-19-5-3-2-4-10(19)17-11/h6-8H,2-5H2,1H3,(H,15,16,18). The van der Waals surface area contributed by atoms with Crippen LogP contribution in [-0.4, -0.2) is 27.9 Å². The zero-order chi connectivity index (χ0) is 16.0. The van der Waals surface area contributed by atoms with E-state index in [1.54, 1.807) is 6.20 Å². The number of hydrogen-bond acceptors (Lipinski definition) is 6. The minimum Gasteiger partial charge on any atom is -0.333 e. The maximum Gasteiger partial charge on any atom is 0.282 e. The molecule has 1 aliphatic heterocycles. The highest BCUT2D eigenvalue weighted by Crippen LogP contribution is 2.30. The van der Waals surface area contributed by atoms with Crippen LogP contribution in [0.5, 0.6) is 0 Å². The second-order valence-corrected chi connectivity index (χ2v) is 8.08. The maximum absolute atomic E-state index is 12.6. The lowest BCUT2D eigenvalue weighted by atomic mass is 10.2. The third kappa shape index (κ3) is 2.49. The van der Waals surface area contributed by atoms with Gasteiger partial charge in [-0.3, -0.25) is 4.72 Å². The largest absolute Gasteiger partial charge is 0.333 e. The molecule has 0 radical (unpaired) electrons. The molecule has 4 heterocycles. The molecule has 0 amide bonds. The minimum atomic E-state index is -3.76. The molecular weight excluding hydrogens is 334 g/mol. The number of rotatable bonds is 3. The summed E-state index contributed by atoms with van der Waals surface area (Å²) in [6.07, 6.45) is 5.90. The first-order chi connectivity index (χ1) is 11.0. The first-order valence-electron chi connectivity index (χ1n) is 7.32. The van der Waals surface area contributed by atoms with Gasteiger partial charge < -0.3 is 4.57 Å². The van der Waals surface area contributed by atoms with E-state index < -0.39 is 10.0 Å². The lowest BCUT2D eigenvalue weighted by Gasteiger charge is -2.11.